The summed E-state index contributed by atoms with van der Waals surface area (Å²) in [7, 11) is -4.05. The van der Waals surface area contributed by atoms with Crippen molar-refractivity contribution in [3.63, 3.8) is 0 Å². The molecular weight excluding hydrogens is 555 g/mol. The van der Waals surface area contributed by atoms with Crippen LogP contribution in [-0.4, -0.2) is 18.2 Å². The van der Waals surface area contributed by atoms with E-state index in [2.05, 4.69) is 25.8 Å². The molecule has 0 aliphatic rings. The van der Waals surface area contributed by atoms with Gasteiger partial charge in [-0.05, 0) is 45.8 Å². The van der Waals surface area contributed by atoms with Gasteiger partial charge >= 0.3 is 0 Å². The van der Waals surface area contributed by atoms with Gasteiger partial charge in [-0.25, -0.2) is 8.42 Å². The lowest BCUT2D eigenvalue weighted by atomic mass is 10.2. The predicted octanol–water partition coefficient (Wildman–Crippen LogP) is 6.76. The molecule has 12 heteroatoms. The van der Waals surface area contributed by atoms with Crippen LogP contribution < -0.4 is 4.72 Å². The second-order valence-electron chi connectivity index (χ2n) is 5.57. The highest BCUT2D eigenvalue weighted by molar-refractivity contribution is 9.10. The Bertz CT molecular complexity index is 1170. The summed E-state index contributed by atoms with van der Waals surface area (Å²) < 4.78 is 29.7. The number of hydrogen-bond donors (Lipinski definition) is 1. The van der Waals surface area contributed by atoms with Crippen LogP contribution in [0.3, 0.4) is 0 Å². The van der Waals surface area contributed by atoms with Crippen LogP contribution in [0.4, 0.5) is 5.82 Å². The summed E-state index contributed by atoms with van der Waals surface area (Å²) in [5.74, 6) is 0.0854. The average Bonchev–Trinajstić information content (AvgIpc) is 2.92. The van der Waals surface area contributed by atoms with Crippen LogP contribution >= 0.6 is 73.9 Å². The molecule has 0 unspecified atom stereocenters. The molecule has 3 rings (SSSR count). The second kappa shape index (κ2) is 8.60. The van der Waals surface area contributed by atoms with E-state index in [0.717, 1.165) is 5.56 Å². The number of rotatable bonds is 5. The first-order valence-corrected chi connectivity index (χ1v) is 11.6. The molecule has 28 heavy (non-hydrogen) atoms. The highest BCUT2D eigenvalue weighted by Crippen LogP contribution is 2.33. The molecule has 1 heterocycles. The van der Waals surface area contributed by atoms with E-state index in [-0.39, 0.29) is 25.8 Å². The van der Waals surface area contributed by atoms with Crippen molar-refractivity contribution in [1.82, 2.24) is 9.78 Å². The lowest BCUT2D eigenvalue weighted by Crippen LogP contribution is -2.14. The van der Waals surface area contributed by atoms with Crippen molar-refractivity contribution in [2.45, 2.75) is 11.4 Å². The third-order valence-electron chi connectivity index (χ3n) is 3.54. The molecule has 0 saturated heterocycles. The number of aromatic nitrogens is 2. The van der Waals surface area contributed by atoms with Crippen molar-refractivity contribution in [1.29, 1.82) is 0 Å². The van der Waals surface area contributed by atoms with Crippen molar-refractivity contribution >= 4 is 89.8 Å². The minimum absolute atomic E-state index is 0.0618. The predicted molar refractivity (Wildman–Crippen MR) is 118 cm³/mol. The number of nitrogens with one attached hydrogen (secondary N) is 1. The molecule has 0 aliphatic carbocycles. The highest BCUT2D eigenvalue weighted by Gasteiger charge is 2.22. The van der Waals surface area contributed by atoms with Gasteiger partial charge in [-0.15, -0.1) is 0 Å². The van der Waals surface area contributed by atoms with Crippen LogP contribution in [0.5, 0.6) is 0 Å². The van der Waals surface area contributed by atoms with Gasteiger partial charge in [0.2, 0.25) is 0 Å². The molecule has 0 aliphatic heterocycles. The zero-order chi connectivity index (χ0) is 20.6. The Hall–Kier alpha value is -0.670. The van der Waals surface area contributed by atoms with Gasteiger partial charge in [0.05, 0.1) is 36.1 Å². The fourth-order valence-electron chi connectivity index (χ4n) is 2.26. The van der Waals surface area contributed by atoms with E-state index in [1.165, 1.54) is 16.8 Å². The molecule has 0 radical (unpaired) electrons. The zero-order valence-corrected chi connectivity index (χ0v) is 19.7. The Morgan fingerprint density at radius 2 is 1.57 bits per heavy atom. The summed E-state index contributed by atoms with van der Waals surface area (Å²) in [4.78, 5) is -0.213. The maximum absolute atomic E-state index is 12.7. The number of halogens is 6. The zero-order valence-electron chi connectivity index (χ0n) is 13.6. The summed E-state index contributed by atoms with van der Waals surface area (Å²) >= 11 is 33.0. The molecule has 0 saturated carbocycles. The normalized spacial score (nSPS) is 11.6. The minimum atomic E-state index is -4.05. The number of benzene rings is 2. The molecule has 148 valence electrons. The molecule has 1 N–H and O–H groups in total. The Balaban J connectivity index is 1.87. The third kappa shape index (κ3) is 4.90. The van der Waals surface area contributed by atoms with Crippen molar-refractivity contribution in [2.24, 2.45) is 0 Å². The summed E-state index contributed by atoms with van der Waals surface area (Å²) in [6, 6.07) is 7.61. The average molecular weight is 565 g/mol. The van der Waals surface area contributed by atoms with Crippen LogP contribution in [0.2, 0.25) is 25.1 Å². The molecule has 0 amide bonds. The number of nitrogens with zero attached hydrogens (tertiary/aromatic N) is 2. The monoisotopic (exact) mass is 561 g/mol. The van der Waals surface area contributed by atoms with Crippen LogP contribution in [-0.2, 0) is 16.6 Å². The van der Waals surface area contributed by atoms with E-state index < -0.39 is 10.0 Å². The highest BCUT2D eigenvalue weighted by atomic mass is 79.9. The first-order valence-electron chi connectivity index (χ1n) is 7.41. The topological polar surface area (TPSA) is 64.0 Å². The first-order chi connectivity index (χ1) is 13.1. The molecule has 0 fully saturated rings. The maximum atomic E-state index is 12.7. The number of hydrogen-bond acceptors (Lipinski definition) is 3. The second-order valence-corrected chi connectivity index (χ2v) is 10.1. The van der Waals surface area contributed by atoms with E-state index in [0.29, 0.717) is 21.1 Å². The Kier molecular flexibility index (Phi) is 6.76. The number of sulfonamides is 1. The van der Waals surface area contributed by atoms with Crippen molar-refractivity contribution in [3.05, 3.63) is 71.7 Å². The maximum Gasteiger partial charge on any atom is 0.264 e. The molecule has 2 aromatic carbocycles. The van der Waals surface area contributed by atoms with E-state index >= 15 is 0 Å². The van der Waals surface area contributed by atoms with Gasteiger partial charge in [-0.3, -0.25) is 9.40 Å². The summed E-state index contributed by atoms with van der Waals surface area (Å²) in [6.07, 6.45) is 1.62. The van der Waals surface area contributed by atoms with Crippen molar-refractivity contribution < 1.29 is 8.42 Å². The number of anilines is 1. The summed E-state index contributed by atoms with van der Waals surface area (Å²) in [5.41, 5.74) is 0.839. The van der Waals surface area contributed by atoms with E-state index in [1.54, 1.807) is 24.4 Å². The van der Waals surface area contributed by atoms with Gasteiger partial charge in [0.15, 0.2) is 5.82 Å². The smallest absolute Gasteiger partial charge is 0.264 e. The fourth-order valence-corrected chi connectivity index (χ4v) is 5.15. The van der Waals surface area contributed by atoms with Gasteiger partial charge in [0, 0.05) is 6.20 Å². The minimum Gasteiger partial charge on any atom is -0.265 e. The lowest BCUT2D eigenvalue weighted by molar-refractivity contribution is 0.600. The largest absolute Gasteiger partial charge is 0.265 e. The van der Waals surface area contributed by atoms with Crippen molar-refractivity contribution in [3.8, 4) is 0 Å². The Morgan fingerprint density at radius 3 is 2.25 bits per heavy atom. The SMILES string of the molecule is O=S(=O)(Nc1nn(Cc2ccc(Cl)c(Cl)c2)cc1Br)c1cc(Cl)c(Cl)cc1Cl. The molecule has 1 aromatic heterocycles. The Morgan fingerprint density at radius 1 is 0.929 bits per heavy atom. The molecule has 0 spiro atoms. The fraction of sp³-hybridized carbons (Fsp3) is 0.0625. The van der Waals surface area contributed by atoms with E-state index in [4.69, 9.17) is 58.0 Å². The quantitative estimate of drug-likeness (QED) is 0.349. The molecule has 3 aromatic rings. The van der Waals surface area contributed by atoms with Crippen LogP contribution in [0.1, 0.15) is 5.56 Å². The summed E-state index contributed by atoms with van der Waals surface area (Å²) in [6.45, 7) is 0.352. The van der Waals surface area contributed by atoms with Crippen molar-refractivity contribution in [2.75, 3.05) is 4.72 Å². The lowest BCUT2D eigenvalue weighted by Gasteiger charge is -2.09. The summed E-state index contributed by atoms with van der Waals surface area (Å²) in [5, 5.41) is 5.25. The van der Waals surface area contributed by atoms with Crippen LogP contribution in [0, 0.1) is 0 Å². The molecule has 0 bridgehead atoms. The van der Waals surface area contributed by atoms with Gasteiger partial charge in [-0.2, -0.15) is 5.10 Å². The third-order valence-corrected chi connectivity index (χ3v) is 7.39. The first kappa shape index (κ1) is 22.0. The Labute approximate surface area is 194 Å². The van der Waals surface area contributed by atoms with E-state index in [9.17, 15) is 8.42 Å². The molecule has 5 nitrogen and oxygen atoms in total. The molecular formula is C16H9BrCl5N3O2S. The van der Waals surface area contributed by atoms with Crippen LogP contribution in [0.15, 0.2) is 45.9 Å². The van der Waals surface area contributed by atoms with Gasteiger partial charge in [0.25, 0.3) is 10.0 Å². The standard InChI is InChI=1S/C16H9BrCl5N3O2S/c17-9-7-25(6-8-1-2-10(18)11(19)3-8)23-16(9)24-28(26,27)15-5-13(21)12(20)4-14(15)22/h1-5,7H,6H2,(H,23,24). The van der Waals surface area contributed by atoms with Crippen LogP contribution in [0.25, 0.3) is 0 Å². The molecule has 0 atom stereocenters. The van der Waals surface area contributed by atoms with Gasteiger partial charge in [-0.1, -0.05) is 64.1 Å². The van der Waals surface area contributed by atoms with Gasteiger partial charge < -0.3 is 0 Å². The van der Waals surface area contributed by atoms with E-state index in [1.807, 2.05) is 0 Å². The van der Waals surface area contributed by atoms with Gasteiger partial charge in [0.1, 0.15) is 4.90 Å².